The number of esters is 2. The van der Waals surface area contributed by atoms with Crippen LogP contribution in [0.5, 0.6) is 0 Å². The van der Waals surface area contributed by atoms with Crippen LogP contribution >= 0.6 is 0 Å². The van der Waals surface area contributed by atoms with Gasteiger partial charge in [-0.1, -0.05) is 12.8 Å². The van der Waals surface area contributed by atoms with Gasteiger partial charge in [0.1, 0.15) is 25.3 Å². The van der Waals surface area contributed by atoms with Crippen molar-refractivity contribution in [2.75, 3.05) is 40.4 Å². The first-order valence-corrected chi connectivity index (χ1v) is 12.3. The van der Waals surface area contributed by atoms with E-state index in [-0.39, 0.29) is 75.9 Å². The zero-order valence-electron chi connectivity index (χ0n) is 20.8. The number of nitrogens with zero attached hydrogens (tertiary/aromatic N) is 4. The molecule has 2 fully saturated rings. The zero-order valence-corrected chi connectivity index (χ0v) is 20.8. The molecule has 36 heavy (non-hydrogen) atoms. The fourth-order valence-corrected chi connectivity index (χ4v) is 4.54. The van der Waals surface area contributed by atoms with E-state index < -0.39 is 24.0 Å². The number of fused-ring (bicyclic) bond motifs is 4. The molecule has 0 aromatic heterocycles. The number of amides is 6. The Kier molecular flexibility index (Phi) is 9.43. The lowest BCUT2D eigenvalue weighted by Gasteiger charge is -2.15. The highest BCUT2D eigenvalue weighted by Gasteiger charge is 2.43. The Morgan fingerprint density at radius 1 is 0.639 bits per heavy atom. The van der Waals surface area contributed by atoms with E-state index in [1.807, 2.05) is 0 Å². The van der Waals surface area contributed by atoms with Gasteiger partial charge in [0.05, 0.1) is 0 Å². The van der Waals surface area contributed by atoms with Crippen molar-refractivity contribution in [1.29, 1.82) is 0 Å². The number of rotatable bonds is 0. The molecule has 3 aliphatic rings. The zero-order chi connectivity index (χ0) is 26.2. The highest BCUT2D eigenvalue weighted by molar-refractivity contribution is 6.04. The van der Waals surface area contributed by atoms with E-state index >= 15 is 0 Å². The lowest BCUT2D eigenvalue weighted by Crippen LogP contribution is -2.33. The third kappa shape index (κ3) is 6.41. The summed E-state index contributed by atoms with van der Waals surface area (Å²) in [4.78, 5) is 79.7. The van der Waals surface area contributed by atoms with E-state index in [1.165, 1.54) is 31.8 Å². The molecule has 0 N–H and O–H groups in total. The molecule has 2 atom stereocenters. The maximum absolute atomic E-state index is 12.7. The standard InChI is InChI=1S/C24H34N4O8/c1-25-17-9-11-19(29)35-15-7-8-16-36-20(30)12-10-18-22(32)28(24(34)26(18)2)14-6-4-3-5-13-27(21(17)31)23(25)33/h7-8,17-18H,3-6,9-16H2,1-2H3/b8-7-/t17-,18-/m0/s1. The van der Waals surface area contributed by atoms with E-state index in [0.717, 1.165) is 0 Å². The quantitative estimate of drug-likeness (QED) is 0.273. The van der Waals surface area contributed by atoms with Crippen LogP contribution in [0.2, 0.25) is 0 Å². The van der Waals surface area contributed by atoms with Crippen molar-refractivity contribution in [3.63, 3.8) is 0 Å². The number of carbonyl (C=O) groups excluding carboxylic acids is 6. The maximum Gasteiger partial charge on any atom is 0.327 e. The third-order valence-corrected chi connectivity index (χ3v) is 6.71. The van der Waals surface area contributed by atoms with E-state index in [4.69, 9.17) is 9.47 Å². The molecule has 0 unspecified atom stereocenters. The van der Waals surface area contributed by atoms with Crippen molar-refractivity contribution in [3.8, 4) is 0 Å². The average molecular weight is 507 g/mol. The second-order valence-electron chi connectivity index (χ2n) is 9.13. The molecule has 3 heterocycles. The summed E-state index contributed by atoms with van der Waals surface area (Å²) in [6, 6.07) is -2.18. The van der Waals surface area contributed by atoms with E-state index in [0.29, 0.717) is 25.7 Å². The highest BCUT2D eigenvalue weighted by atomic mass is 16.5. The Bertz CT molecular complexity index is 848. The predicted octanol–water partition coefficient (Wildman–Crippen LogP) is 1.29. The van der Waals surface area contributed by atoms with Gasteiger partial charge in [0, 0.05) is 40.0 Å². The molecule has 12 heteroatoms. The van der Waals surface area contributed by atoms with E-state index in [1.54, 1.807) is 14.1 Å². The first-order chi connectivity index (χ1) is 17.2. The highest BCUT2D eigenvalue weighted by Crippen LogP contribution is 2.22. The monoisotopic (exact) mass is 506 g/mol. The number of hydrogen-bond donors (Lipinski definition) is 0. The fraction of sp³-hybridized carbons (Fsp3) is 0.667. The Hall–Kier alpha value is -3.44. The molecule has 2 saturated heterocycles. The molecule has 0 aliphatic carbocycles. The van der Waals surface area contributed by atoms with Crippen molar-refractivity contribution in [2.24, 2.45) is 0 Å². The number of ether oxygens (including phenoxy) is 2. The summed E-state index contributed by atoms with van der Waals surface area (Å²) in [6.07, 6.45) is 6.02. The lowest BCUT2D eigenvalue weighted by atomic mass is 10.1. The summed E-state index contributed by atoms with van der Waals surface area (Å²) < 4.78 is 10.2. The maximum atomic E-state index is 12.7. The van der Waals surface area contributed by atoms with Gasteiger partial charge in [0.15, 0.2) is 0 Å². The van der Waals surface area contributed by atoms with Crippen LogP contribution in [0.4, 0.5) is 9.59 Å². The van der Waals surface area contributed by atoms with Crippen LogP contribution in [0, 0.1) is 0 Å². The van der Waals surface area contributed by atoms with Crippen molar-refractivity contribution < 1.29 is 38.2 Å². The fourth-order valence-electron chi connectivity index (χ4n) is 4.54. The van der Waals surface area contributed by atoms with Crippen LogP contribution < -0.4 is 0 Å². The molecule has 0 spiro atoms. The number of imide groups is 2. The Morgan fingerprint density at radius 2 is 1.03 bits per heavy atom. The minimum absolute atomic E-state index is 0.00571. The van der Waals surface area contributed by atoms with Crippen molar-refractivity contribution in [3.05, 3.63) is 12.2 Å². The average Bonchev–Trinajstić information content (AvgIpc) is 3.17. The van der Waals surface area contributed by atoms with Crippen molar-refractivity contribution >= 4 is 35.8 Å². The van der Waals surface area contributed by atoms with Gasteiger partial charge in [-0.05, 0) is 37.8 Å². The van der Waals surface area contributed by atoms with Gasteiger partial charge >= 0.3 is 24.0 Å². The molecule has 6 amide bonds. The Morgan fingerprint density at radius 3 is 1.42 bits per heavy atom. The molecular weight excluding hydrogens is 472 g/mol. The first-order valence-electron chi connectivity index (χ1n) is 12.3. The summed E-state index contributed by atoms with van der Waals surface area (Å²) >= 11 is 0. The SMILES string of the molecule is CN1C(=O)N2CCCCCCN3C(=O)[C@H](CCC(=O)OC/C=C\COC(=O)CC[C@H]1C2=O)N(C)C3=O. The number of urea groups is 2. The minimum Gasteiger partial charge on any atom is -0.461 e. The number of hydrogen-bond acceptors (Lipinski definition) is 8. The van der Waals surface area contributed by atoms with Gasteiger partial charge in [-0.15, -0.1) is 0 Å². The molecule has 3 rings (SSSR count). The molecule has 0 aromatic carbocycles. The van der Waals surface area contributed by atoms with Gasteiger partial charge in [-0.3, -0.25) is 29.0 Å². The minimum atomic E-state index is -0.706. The molecule has 4 bridgehead atoms. The first kappa shape index (κ1) is 27.2. The van der Waals surface area contributed by atoms with Gasteiger partial charge in [0.25, 0.3) is 11.8 Å². The van der Waals surface area contributed by atoms with Gasteiger partial charge in [-0.25, -0.2) is 9.59 Å². The molecule has 3 aliphatic heterocycles. The van der Waals surface area contributed by atoms with Crippen LogP contribution in [-0.2, 0) is 28.7 Å². The molecule has 0 radical (unpaired) electrons. The summed E-state index contributed by atoms with van der Waals surface area (Å²) in [5, 5.41) is 0. The second-order valence-corrected chi connectivity index (χ2v) is 9.13. The van der Waals surface area contributed by atoms with Gasteiger partial charge < -0.3 is 19.3 Å². The van der Waals surface area contributed by atoms with Gasteiger partial charge in [0.2, 0.25) is 0 Å². The predicted molar refractivity (Wildman–Crippen MR) is 125 cm³/mol. The topological polar surface area (TPSA) is 134 Å². The third-order valence-electron chi connectivity index (χ3n) is 6.71. The van der Waals surface area contributed by atoms with Crippen molar-refractivity contribution in [1.82, 2.24) is 19.6 Å². The lowest BCUT2D eigenvalue weighted by molar-refractivity contribution is -0.144. The largest absolute Gasteiger partial charge is 0.461 e. The number of likely N-dealkylation sites (N-methyl/N-ethyl adjacent to an activating group) is 2. The Balaban J connectivity index is 1.61. The van der Waals surface area contributed by atoms with Crippen molar-refractivity contribution in [2.45, 2.75) is 63.5 Å². The van der Waals surface area contributed by atoms with Gasteiger partial charge in [-0.2, -0.15) is 0 Å². The summed E-state index contributed by atoms with van der Waals surface area (Å²) in [6.45, 7) is 0.511. The second kappa shape index (κ2) is 12.5. The van der Waals surface area contributed by atoms with Crippen LogP contribution in [0.1, 0.15) is 51.4 Å². The molecule has 0 aromatic rings. The van der Waals surface area contributed by atoms with Crippen LogP contribution in [0.25, 0.3) is 0 Å². The number of carbonyl (C=O) groups is 6. The van der Waals surface area contributed by atoms with Crippen LogP contribution in [0.15, 0.2) is 12.2 Å². The molecule has 12 nitrogen and oxygen atoms in total. The molecule has 0 saturated carbocycles. The summed E-state index contributed by atoms with van der Waals surface area (Å²) in [5.74, 6) is -1.64. The smallest absolute Gasteiger partial charge is 0.327 e. The molecular formula is C24H34N4O8. The number of cyclic esters (lactones) is 2. The normalized spacial score (nSPS) is 27.2. The van der Waals surface area contributed by atoms with E-state index in [2.05, 4.69) is 0 Å². The molecule has 198 valence electrons. The van der Waals surface area contributed by atoms with E-state index in [9.17, 15) is 28.8 Å². The van der Waals surface area contributed by atoms with Crippen LogP contribution in [0.3, 0.4) is 0 Å². The Labute approximate surface area is 210 Å². The summed E-state index contributed by atoms with van der Waals surface area (Å²) in [7, 11) is 3.09. The summed E-state index contributed by atoms with van der Waals surface area (Å²) in [5.41, 5.74) is 0. The van der Waals surface area contributed by atoms with Crippen LogP contribution in [-0.4, -0.2) is 108 Å².